The van der Waals surface area contributed by atoms with Crippen LogP contribution in [0.15, 0.2) is 97.2 Å². The van der Waals surface area contributed by atoms with Gasteiger partial charge in [0.1, 0.15) is 5.75 Å². The smallest absolute Gasteiger partial charge is 0.118 e. The van der Waals surface area contributed by atoms with E-state index in [0.717, 1.165) is 45.5 Å². The normalized spacial score (nSPS) is 11.0. The molecule has 0 aliphatic heterocycles. The monoisotopic (exact) mass is 390 g/mol. The van der Waals surface area contributed by atoms with Crippen molar-refractivity contribution in [2.75, 3.05) is 7.11 Å². The third-order valence-corrected chi connectivity index (χ3v) is 5.41. The second-order valence-electron chi connectivity index (χ2n) is 7.36. The number of nitrogens with one attached hydrogen (secondary N) is 1. The van der Waals surface area contributed by atoms with Crippen LogP contribution in [0.1, 0.15) is 11.3 Å². The number of fused-ring (bicyclic) bond motifs is 1. The van der Waals surface area contributed by atoms with E-state index in [4.69, 9.17) is 9.72 Å². The van der Waals surface area contributed by atoms with Crippen molar-refractivity contribution in [2.45, 2.75) is 6.42 Å². The fourth-order valence-electron chi connectivity index (χ4n) is 3.90. The van der Waals surface area contributed by atoms with Crippen molar-refractivity contribution in [3.8, 4) is 28.1 Å². The Morgan fingerprint density at radius 3 is 2.20 bits per heavy atom. The Hall–Kier alpha value is -3.85. The van der Waals surface area contributed by atoms with Gasteiger partial charge >= 0.3 is 0 Å². The zero-order valence-electron chi connectivity index (χ0n) is 16.8. The number of benzene rings is 3. The molecule has 2 heterocycles. The van der Waals surface area contributed by atoms with Gasteiger partial charge in [0.2, 0.25) is 0 Å². The minimum absolute atomic E-state index is 0.847. The third kappa shape index (κ3) is 3.46. The summed E-state index contributed by atoms with van der Waals surface area (Å²) < 4.78 is 5.32. The van der Waals surface area contributed by atoms with Gasteiger partial charge in [-0.05, 0) is 29.3 Å². The average molecular weight is 390 g/mol. The van der Waals surface area contributed by atoms with Crippen molar-refractivity contribution in [2.24, 2.45) is 0 Å². The minimum Gasteiger partial charge on any atom is -0.497 e. The highest BCUT2D eigenvalue weighted by Crippen LogP contribution is 2.35. The van der Waals surface area contributed by atoms with E-state index in [-0.39, 0.29) is 0 Å². The number of hydrogen-bond acceptors (Lipinski definition) is 2. The number of H-pyrrole nitrogens is 1. The SMILES string of the molecule is COc1ccc(-c2cnc(-c3ccccc3)c3cc(Cc4ccccc4)[nH]c23)cc1. The van der Waals surface area contributed by atoms with E-state index in [0.29, 0.717) is 0 Å². The van der Waals surface area contributed by atoms with E-state index >= 15 is 0 Å². The maximum atomic E-state index is 5.32. The van der Waals surface area contributed by atoms with Crippen LogP contribution in [0.5, 0.6) is 5.75 Å². The van der Waals surface area contributed by atoms with Gasteiger partial charge in [-0.2, -0.15) is 0 Å². The zero-order chi connectivity index (χ0) is 20.3. The molecule has 0 saturated carbocycles. The van der Waals surface area contributed by atoms with Gasteiger partial charge in [0.15, 0.2) is 0 Å². The standard InChI is InChI=1S/C27H22N2O/c1-30-23-14-12-20(13-15-23)25-18-28-26(21-10-6-3-7-11-21)24-17-22(29-27(24)25)16-19-8-4-2-5-9-19/h2-15,17-18,29H,16H2,1H3. The van der Waals surface area contributed by atoms with Crippen molar-refractivity contribution in [3.63, 3.8) is 0 Å². The second-order valence-corrected chi connectivity index (χ2v) is 7.36. The fourth-order valence-corrected chi connectivity index (χ4v) is 3.90. The molecule has 0 saturated heterocycles. The van der Waals surface area contributed by atoms with Gasteiger partial charge in [0.05, 0.1) is 18.3 Å². The van der Waals surface area contributed by atoms with E-state index in [1.54, 1.807) is 7.11 Å². The van der Waals surface area contributed by atoms with Crippen LogP contribution >= 0.6 is 0 Å². The van der Waals surface area contributed by atoms with Crippen molar-refractivity contribution >= 4 is 10.9 Å². The Balaban J connectivity index is 1.67. The Morgan fingerprint density at radius 2 is 1.50 bits per heavy atom. The Labute approximate surface area is 176 Å². The zero-order valence-corrected chi connectivity index (χ0v) is 16.8. The number of rotatable bonds is 5. The summed E-state index contributed by atoms with van der Waals surface area (Å²) in [6.07, 6.45) is 2.82. The summed E-state index contributed by atoms with van der Waals surface area (Å²) in [5.41, 5.74) is 7.89. The Bertz CT molecular complexity index is 1270. The Morgan fingerprint density at radius 1 is 0.800 bits per heavy atom. The molecule has 0 spiro atoms. The molecule has 0 bridgehead atoms. The van der Waals surface area contributed by atoms with Crippen LogP contribution in [-0.4, -0.2) is 17.1 Å². The molecule has 0 aliphatic rings. The van der Waals surface area contributed by atoms with Crippen molar-refractivity contribution < 1.29 is 4.74 Å². The number of pyridine rings is 1. The predicted molar refractivity (Wildman–Crippen MR) is 123 cm³/mol. The van der Waals surface area contributed by atoms with Crippen LogP contribution < -0.4 is 4.74 Å². The molecule has 3 nitrogen and oxygen atoms in total. The van der Waals surface area contributed by atoms with Gasteiger partial charge in [-0.25, -0.2) is 0 Å². The summed E-state index contributed by atoms with van der Waals surface area (Å²) >= 11 is 0. The van der Waals surface area contributed by atoms with Gasteiger partial charge in [-0.15, -0.1) is 0 Å². The molecule has 3 aromatic carbocycles. The quantitative estimate of drug-likeness (QED) is 0.372. The number of ether oxygens (including phenoxy) is 1. The van der Waals surface area contributed by atoms with Crippen LogP contribution in [0, 0.1) is 0 Å². The molecule has 0 atom stereocenters. The summed E-state index contributed by atoms with van der Waals surface area (Å²) in [6.45, 7) is 0. The average Bonchev–Trinajstić information content (AvgIpc) is 3.23. The highest BCUT2D eigenvalue weighted by atomic mass is 16.5. The number of nitrogens with zero attached hydrogens (tertiary/aromatic N) is 1. The molecule has 1 N–H and O–H groups in total. The van der Waals surface area contributed by atoms with Crippen LogP contribution in [0.2, 0.25) is 0 Å². The van der Waals surface area contributed by atoms with E-state index in [1.165, 1.54) is 11.3 Å². The molecule has 0 unspecified atom stereocenters. The molecule has 2 aromatic heterocycles. The maximum Gasteiger partial charge on any atom is 0.118 e. The number of methoxy groups -OCH3 is 1. The molecule has 5 rings (SSSR count). The van der Waals surface area contributed by atoms with Crippen LogP contribution in [0.4, 0.5) is 0 Å². The number of aromatic nitrogens is 2. The van der Waals surface area contributed by atoms with E-state index in [2.05, 4.69) is 71.7 Å². The lowest BCUT2D eigenvalue weighted by Crippen LogP contribution is -1.89. The molecule has 5 aromatic rings. The molecule has 0 radical (unpaired) electrons. The largest absolute Gasteiger partial charge is 0.497 e. The van der Waals surface area contributed by atoms with Gasteiger partial charge in [0, 0.05) is 34.8 Å². The van der Waals surface area contributed by atoms with Crippen LogP contribution in [-0.2, 0) is 6.42 Å². The second kappa shape index (κ2) is 7.88. The first-order chi connectivity index (χ1) is 14.8. The first-order valence-electron chi connectivity index (χ1n) is 10.1. The highest BCUT2D eigenvalue weighted by Gasteiger charge is 2.14. The maximum absolute atomic E-state index is 5.32. The fraction of sp³-hybridized carbons (Fsp3) is 0.0741. The third-order valence-electron chi connectivity index (χ3n) is 5.41. The number of aromatic amines is 1. The van der Waals surface area contributed by atoms with E-state index in [1.807, 2.05) is 30.5 Å². The highest BCUT2D eigenvalue weighted by molar-refractivity contribution is 6.01. The van der Waals surface area contributed by atoms with Gasteiger partial charge in [-0.1, -0.05) is 72.8 Å². The molecule has 0 aliphatic carbocycles. The van der Waals surface area contributed by atoms with Crippen molar-refractivity contribution in [1.29, 1.82) is 0 Å². The predicted octanol–water partition coefficient (Wildman–Crippen LogP) is 6.50. The molecular weight excluding hydrogens is 368 g/mol. The number of hydrogen-bond donors (Lipinski definition) is 1. The van der Waals surface area contributed by atoms with Crippen molar-refractivity contribution in [1.82, 2.24) is 9.97 Å². The van der Waals surface area contributed by atoms with Crippen LogP contribution in [0.25, 0.3) is 33.3 Å². The lowest BCUT2D eigenvalue weighted by atomic mass is 10.0. The molecular formula is C27H22N2O. The van der Waals surface area contributed by atoms with Crippen LogP contribution in [0.3, 0.4) is 0 Å². The Kier molecular flexibility index (Phi) is 4.78. The molecule has 30 heavy (non-hydrogen) atoms. The topological polar surface area (TPSA) is 37.9 Å². The lowest BCUT2D eigenvalue weighted by molar-refractivity contribution is 0.415. The van der Waals surface area contributed by atoms with Gasteiger partial charge in [0.25, 0.3) is 0 Å². The van der Waals surface area contributed by atoms with Gasteiger partial charge < -0.3 is 9.72 Å². The molecule has 3 heteroatoms. The summed E-state index contributed by atoms with van der Waals surface area (Å²) in [4.78, 5) is 8.54. The minimum atomic E-state index is 0.847. The summed E-state index contributed by atoms with van der Waals surface area (Å²) in [6, 6.07) is 31.3. The summed E-state index contributed by atoms with van der Waals surface area (Å²) in [5, 5.41) is 1.14. The van der Waals surface area contributed by atoms with E-state index in [9.17, 15) is 0 Å². The summed E-state index contributed by atoms with van der Waals surface area (Å²) in [7, 11) is 1.68. The van der Waals surface area contributed by atoms with Crippen molar-refractivity contribution in [3.05, 3.63) is 108 Å². The van der Waals surface area contributed by atoms with E-state index < -0.39 is 0 Å². The van der Waals surface area contributed by atoms with Gasteiger partial charge in [-0.3, -0.25) is 4.98 Å². The molecule has 0 amide bonds. The molecule has 146 valence electrons. The lowest BCUT2D eigenvalue weighted by Gasteiger charge is -2.08. The first kappa shape index (κ1) is 18.2. The summed E-state index contributed by atoms with van der Waals surface area (Å²) in [5.74, 6) is 0.847. The molecule has 0 fully saturated rings. The first-order valence-corrected chi connectivity index (χ1v) is 10.1.